The molecule has 1 aliphatic rings. The van der Waals surface area contributed by atoms with Crippen molar-refractivity contribution in [2.45, 2.75) is 26.7 Å². The molecule has 1 N–H and O–H groups in total. The van der Waals surface area contributed by atoms with Crippen molar-refractivity contribution in [2.24, 2.45) is 0 Å². The van der Waals surface area contributed by atoms with Crippen LogP contribution in [0.25, 0.3) is 0 Å². The zero-order valence-corrected chi connectivity index (χ0v) is 12.4. The number of thiazole rings is 1. The quantitative estimate of drug-likeness (QED) is 0.938. The highest BCUT2D eigenvalue weighted by atomic mass is 32.1. The first-order chi connectivity index (χ1) is 9.72. The topological polar surface area (TPSA) is 56.3 Å². The summed E-state index contributed by atoms with van der Waals surface area (Å²) in [5.41, 5.74) is 3.07. The molecule has 2 aromatic heterocycles. The van der Waals surface area contributed by atoms with Gasteiger partial charge in [0.05, 0.1) is 36.0 Å². The van der Waals surface area contributed by atoms with E-state index < -0.39 is 0 Å². The van der Waals surface area contributed by atoms with Crippen molar-refractivity contribution in [3.05, 3.63) is 39.6 Å². The predicted molar refractivity (Wildman–Crippen MR) is 77.8 cm³/mol. The molecule has 5 nitrogen and oxygen atoms in total. The van der Waals surface area contributed by atoms with Gasteiger partial charge in [-0.15, -0.1) is 11.3 Å². The first kappa shape index (κ1) is 13.5. The molecule has 1 aliphatic heterocycles. The predicted octanol–water partition coefficient (Wildman–Crippen LogP) is 2.81. The summed E-state index contributed by atoms with van der Waals surface area (Å²) in [6, 6.07) is 4.05. The van der Waals surface area contributed by atoms with E-state index in [9.17, 15) is 0 Å². The van der Waals surface area contributed by atoms with Crippen molar-refractivity contribution in [1.29, 1.82) is 0 Å². The van der Waals surface area contributed by atoms with Crippen molar-refractivity contribution in [3.63, 3.8) is 0 Å². The zero-order chi connectivity index (χ0) is 13.9. The van der Waals surface area contributed by atoms with E-state index in [0.29, 0.717) is 19.8 Å². The number of rotatable bonds is 4. The van der Waals surface area contributed by atoms with E-state index in [1.54, 1.807) is 11.3 Å². The molecule has 0 amide bonds. The maximum atomic E-state index is 5.47. The van der Waals surface area contributed by atoms with Gasteiger partial charge in [0.15, 0.2) is 6.29 Å². The van der Waals surface area contributed by atoms with Gasteiger partial charge in [-0.2, -0.15) is 0 Å². The molecular formula is C14H17N3O2S. The van der Waals surface area contributed by atoms with Crippen molar-refractivity contribution in [2.75, 3.05) is 18.5 Å². The lowest BCUT2D eigenvalue weighted by molar-refractivity contribution is -0.0414. The Bertz CT molecular complexity index is 594. The van der Waals surface area contributed by atoms with Gasteiger partial charge in [0.1, 0.15) is 5.01 Å². The molecule has 0 spiro atoms. The van der Waals surface area contributed by atoms with Gasteiger partial charge in [0.2, 0.25) is 0 Å². The number of hydrogen-bond acceptors (Lipinski definition) is 6. The van der Waals surface area contributed by atoms with Crippen LogP contribution in [0.15, 0.2) is 18.3 Å². The van der Waals surface area contributed by atoms with Crippen LogP contribution in [-0.4, -0.2) is 23.2 Å². The lowest BCUT2D eigenvalue weighted by atomic mass is 10.3. The number of ether oxygens (including phenoxy) is 2. The first-order valence-corrected chi connectivity index (χ1v) is 7.40. The Balaban J connectivity index is 1.63. The molecule has 20 heavy (non-hydrogen) atoms. The summed E-state index contributed by atoms with van der Waals surface area (Å²) in [6.07, 6.45) is 1.60. The van der Waals surface area contributed by atoms with Crippen LogP contribution >= 0.6 is 11.3 Å². The highest BCUT2D eigenvalue weighted by Gasteiger charge is 2.20. The number of nitrogens with zero attached hydrogens (tertiary/aromatic N) is 2. The summed E-state index contributed by atoms with van der Waals surface area (Å²) in [5, 5.41) is 4.38. The highest BCUT2D eigenvalue weighted by molar-refractivity contribution is 7.11. The molecule has 1 fully saturated rings. The average molecular weight is 291 g/mol. The molecular weight excluding hydrogens is 274 g/mol. The maximum Gasteiger partial charge on any atom is 0.194 e. The van der Waals surface area contributed by atoms with Gasteiger partial charge in [-0.25, -0.2) is 4.98 Å². The molecule has 0 aromatic carbocycles. The fraction of sp³-hybridized carbons (Fsp3) is 0.429. The largest absolute Gasteiger partial charge is 0.377 e. The monoisotopic (exact) mass is 291 g/mol. The number of nitrogens with one attached hydrogen (secondary N) is 1. The van der Waals surface area contributed by atoms with E-state index in [1.807, 2.05) is 26.1 Å². The molecule has 1 saturated heterocycles. The third kappa shape index (κ3) is 2.98. The number of hydrogen-bond donors (Lipinski definition) is 1. The van der Waals surface area contributed by atoms with E-state index in [1.165, 1.54) is 0 Å². The Morgan fingerprint density at radius 3 is 2.85 bits per heavy atom. The van der Waals surface area contributed by atoms with Crippen LogP contribution in [0.1, 0.15) is 27.6 Å². The summed E-state index contributed by atoms with van der Waals surface area (Å²) in [4.78, 5) is 9.86. The second-order valence-corrected chi connectivity index (χ2v) is 5.82. The molecule has 0 unspecified atom stereocenters. The molecule has 6 heteroatoms. The third-order valence-corrected chi connectivity index (χ3v) is 4.10. The highest BCUT2D eigenvalue weighted by Crippen LogP contribution is 2.28. The lowest BCUT2D eigenvalue weighted by Gasteiger charge is -2.08. The number of pyridine rings is 1. The standard InChI is InChI=1S/C14H17N3O2S/c1-9-3-4-11(10(2)17-9)15-8-13-16-7-12(20-13)14-18-5-6-19-14/h3-4,7,14-15H,5-6,8H2,1-2H3. The van der Waals surface area contributed by atoms with E-state index in [0.717, 1.165) is 27.0 Å². The lowest BCUT2D eigenvalue weighted by Crippen LogP contribution is -2.02. The summed E-state index contributed by atoms with van der Waals surface area (Å²) in [5.74, 6) is 0. The Labute approximate surface area is 122 Å². The minimum absolute atomic E-state index is 0.232. The first-order valence-electron chi connectivity index (χ1n) is 6.58. The average Bonchev–Trinajstić information content (AvgIpc) is 3.08. The molecule has 0 saturated carbocycles. The van der Waals surface area contributed by atoms with E-state index in [2.05, 4.69) is 21.4 Å². The van der Waals surface area contributed by atoms with Gasteiger partial charge in [0, 0.05) is 11.9 Å². The molecule has 3 rings (SSSR count). The number of anilines is 1. The Hall–Kier alpha value is -1.50. The van der Waals surface area contributed by atoms with Gasteiger partial charge in [0.25, 0.3) is 0 Å². The van der Waals surface area contributed by atoms with Crippen LogP contribution < -0.4 is 5.32 Å². The second kappa shape index (κ2) is 5.87. The van der Waals surface area contributed by atoms with Gasteiger partial charge < -0.3 is 14.8 Å². The van der Waals surface area contributed by atoms with Gasteiger partial charge in [-0.05, 0) is 26.0 Å². The number of aromatic nitrogens is 2. The Kier molecular flexibility index (Phi) is 3.95. The van der Waals surface area contributed by atoms with Crippen molar-refractivity contribution < 1.29 is 9.47 Å². The minimum Gasteiger partial charge on any atom is -0.377 e. The van der Waals surface area contributed by atoms with E-state index in [4.69, 9.17) is 9.47 Å². The minimum atomic E-state index is -0.232. The van der Waals surface area contributed by atoms with E-state index in [-0.39, 0.29) is 6.29 Å². The van der Waals surface area contributed by atoms with Crippen LogP contribution in [0.2, 0.25) is 0 Å². The van der Waals surface area contributed by atoms with Gasteiger partial charge in [-0.1, -0.05) is 0 Å². The molecule has 2 aromatic rings. The van der Waals surface area contributed by atoms with Gasteiger partial charge >= 0.3 is 0 Å². The Morgan fingerprint density at radius 1 is 1.30 bits per heavy atom. The van der Waals surface area contributed by atoms with Crippen molar-refractivity contribution >= 4 is 17.0 Å². The number of aryl methyl sites for hydroxylation is 2. The smallest absolute Gasteiger partial charge is 0.194 e. The van der Waals surface area contributed by atoms with Crippen LogP contribution in [0.3, 0.4) is 0 Å². The molecule has 0 bridgehead atoms. The van der Waals surface area contributed by atoms with Crippen LogP contribution in [0.4, 0.5) is 5.69 Å². The van der Waals surface area contributed by atoms with E-state index >= 15 is 0 Å². The van der Waals surface area contributed by atoms with Crippen LogP contribution in [0, 0.1) is 13.8 Å². The fourth-order valence-electron chi connectivity index (χ4n) is 2.08. The van der Waals surface area contributed by atoms with Crippen molar-refractivity contribution in [3.8, 4) is 0 Å². The molecule has 0 radical (unpaired) electrons. The molecule has 0 atom stereocenters. The fourth-order valence-corrected chi connectivity index (χ4v) is 2.94. The third-order valence-electron chi connectivity index (χ3n) is 3.08. The summed E-state index contributed by atoms with van der Waals surface area (Å²) < 4.78 is 10.9. The van der Waals surface area contributed by atoms with Crippen LogP contribution in [0.5, 0.6) is 0 Å². The normalized spacial score (nSPS) is 15.7. The summed E-state index contributed by atoms with van der Waals surface area (Å²) in [7, 11) is 0. The molecule has 3 heterocycles. The summed E-state index contributed by atoms with van der Waals surface area (Å²) >= 11 is 1.61. The second-order valence-electron chi connectivity index (χ2n) is 4.67. The molecule has 0 aliphatic carbocycles. The maximum absolute atomic E-state index is 5.47. The zero-order valence-electron chi connectivity index (χ0n) is 11.5. The summed E-state index contributed by atoms with van der Waals surface area (Å²) in [6.45, 7) is 5.99. The van der Waals surface area contributed by atoms with Crippen molar-refractivity contribution in [1.82, 2.24) is 9.97 Å². The SMILES string of the molecule is Cc1ccc(NCc2ncc(C3OCCO3)s2)c(C)n1. The van der Waals surface area contributed by atoms with Gasteiger partial charge in [-0.3, -0.25) is 4.98 Å². The molecule has 106 valence electrons. The Morgan fingerprint density at radius 2 is 2.10 bits per heavy atom. The van der Waals surface area contributed by atoms with Crippen LogP contribution in [-0.2, 0) is 16.0 Å².